The minimum absolute atomic E-state index is 0.238. The lowest BCUT2D eigenvalue weighted by Gasteiger charge is -2.20. The van der Waals surface area contributed by atoms with Crippen molar-refractivity contribution in [2.45, 2.75) is 109 Å². The lowest BCUT2D eigenvalue weighted by molar-refractivity contribution is -0.141. The maximum atomic E-state index is 13.3. The number of unbranched alkanes of at least 4 members (excludes halogenated alkanes) is 8. The number of carbonyl (C=O) groups excluding carboxylic acids is 1. The van der Waals surface area contributed by atoms with Crippen molar-refractivity contribution in [2.24, 2.45) is 0 Å². The molecular weight excluding hydrogens is 434 g/mol. The second kappa shape index (κ2) is 13.7. The van der Waals surface area contributed by atoms with Gasteiger partial charge < -0.3 is 4.74 Å². The molecule has 0 saturated carbocycles. The maximum absolute atomic E-state index is 13.3. The largest absolute Gasteiger partial charge is 0.459 e. The topological polar surface area (TPSA) is 26.3 Å². The van der Waals surface area contributed by atoms with Crippen molar-refractivity contribution in [3.05, 3.63) is 34.9 Å². The Labute approximate surface area is 186 Å². The fourth-order valence-corrected chi connectivity index (χ4v) is 3.56. The normalized spacial score (nSPS) is 13.2. The molecule has 0 fully saturated rings. The third-order valence-electron chi connectivity index (χ3n) is 5.41. The van der Waals surface area contributed by atoms with Gasteiger partial charge in [0, 0.05) is 0 Å². The Kier molecular flexibility index (Phi) is 12.1. The molecule has 0 saturated heterocycles. The zero-order chi connectivity index (χ0) is 24.2. The fraction of sp³-hybridized carbons (Fsp3) is 0.708. The third kappa shape index (κ3) is 10.3. The minimum atomic E-state index is -4.96. The van der Waals surface area contributed by atoms with E-state index in [1.54, 1.807) is 0 Å². The van der Waals surface area contributed by atoms with Gasteiger partial charge in [-0.3, -0.25) is 0 Å². The van der Waals surface area contributed by atoms with Crippen LogP contribution >= 0.6 is 0 Å². The van der Waals surface area contributed by atoms with E-state index in [0.29, 0.717) is 25.0 Å². The highest BCUT2D eigenvalue weighted by atomic mass is 19.4. The third-order valence-corrected chi connectivity index (χ3v) is 5.41. The van der Waals surface area contributed by atoms with Gasteiger partial charge in [0.1, 0.15) is 6.10 Å². The first-order valence-corrected chi connectivity index (χ1v) is 11.5. The van der Waals surface area contributed by atoms with E-state index in [9.17, 15) is 31.1 Å². The molecule has 1 aromatic carbocycles. The standard InChI is InChI=1S/C24H34F6O2/c1-3-5-7-8-9-10-12-14-19(13-11-6-4-2)32-22(31)20-17-18(23(25,26)27)15-16-21(20)24(28,29)30/h15-17,19H,3-14H2,1-2H3. The van der Waals surface area contributed by atoms with Crippen LogP contribution in [0, 0.1) is 0 Å². The summed E-state index contributed by atoms with van der Waals surface area (Å²) in [5.74, 6) is -1.35. The van der Waals surface area contributed by atoms with E-state index in [1.165, 1.54) is 6.42 Å². The van der Waals surface area contributed by atoms with E-state index in [0.717, 1.165) is 57.8 Å². The summed E-state index contributed by atoms with van der Waals surface area (Å²) in [6.45, 7) is 4.12. The summed E-state index contributed by atoms with van der Waals surface area (Å²) in [6.07, 6.45) is 0.349. The molecule has 0 amide bonds. The number of hydrogen-bond donors (Lipinski definition) is 0. The molecule has 0 N–H and O–H groups in total. The molecule has 1 aromatic rings. The zero-order valence-corrected chi connectivity index (χ0v) is 18.9. The summed E-state index contributed by atoms with van der Waals surface area (Å²) in [7, 11) is 0. The van der Waals surface area contributed by atoms with Crippen LogP contribution in [0.5, 0.6) is 0 Å². The zero-order valence-electron chi connectivity index (χ0n) is 18.9. The van der Waals surface area contributed by atoms with Crippen molar-refractivity contribution in [3.63, 3.8) is 0 Å². The van der Waals surface area contributed by atoms with Crippen molar-refractivity contribution in [2.75, 3.05) is 0 Å². The molecule has 1 atom stereocenters. The molecule has 0 spiro atoms. The van der Waals surface area contributed by atoms with Gasteiger partial charge in [0.2, 0.25) is 0 Å². The average Bonchev–Trinajstić information content (AvgIpc) is 2.71. The quantitative estimate of drug-likeness (QED) is 0.155. The Morgan fingerprint density at radius 2 is 1.28 bits per heavy atom. The molecule has 0 aliphatic carbocycles. The Hall–Kier alpha value is -1.73. The van der Waals surface area contributed by atoms with Crippen LogP contribution in [-0.4, -0.2) is 12.1 Å². The Morgan fingerprint density at radius 1 is 0.781 bits per heavy atom. The SMILES string of the molecule is CCCCCCCCCC(CCCCC)OC(=O)c1cc(C(F)(F)F)ccc1C(F)(F)F. The van der Waals surface area contributed by atoms with Gasteiger partial charge in [0.25, 0.3) is 0 Å². The molecular formula is C24H34F6O2. The lowest BCUT2D eigenvalue weighted by Crippen LogP contribution is -2.22. The number of esters is 1. The summed E-state index contributed by atoms with van der Waals surface area (Å²) in [5.41, 5.74) is -3.82. The molecule has 0 aliphatic heterocycles. The summed E-state index contributed by atoms with van der Waals surface area (Å²) >= 11 is 0. The summed E-state index contributed by atoms with van der Waals surface area (Å²) < 4.78 is 84.3. The Bertz CT molecular complexity index is 682. The van der Waals surface area contributed by atoms with Gasteiger partial charge in [-0.1, -0.05) is 65.2 Å². The van der Waals surface area contributed by atoms with Gasteiger partial charge in [0.15, 0.2) is 0 Å². The van der Waals surface area contributed by atoms with Crippen LogP contribution in [0.15, 0.2) is 18.2 Å². The number of hydrogen-bond acceptors (Lipinski definition) is 2. The van der Waals surface area contributed by atoms with Crippen molar-refractivity contribution in [3.8, 4) is 0 Å². The van der Waals surface area contributed by atoms with Crippen LogP contribution in [-0.2, 0) is 17.1 Å². The highest BCUT2D eigenvalue weighted by Gasteiger charge is 2.39. The predicted octanol–water partition coefficient (Wildman–Crippen LogP) is 8.97. The van der Waals surface area contributed by atoms with E-state index in [-0.39, 0.29) is 6.07 Å². The number of alkyl halides is 6. The number of benzene rings is 1. The molecule has 2 nitrogen and oxygen atoms in total. The molecule has 0 bridgehead atoms. The van der Waals surface area contributed by atoms with Crippen LogP contribution in [0.4, 0.5) is 26.3 Å². The van der Waals surface area contributed by atoms with Crippen LogP contribution in [0.2, 0.25) is 0 Å². The maximum Gasteiger partial charge on any atom is 0.417 e. The second-order valence-corrected chi connectivity index (χ2v) is 8.19. The second-order valence-electron chi connectivity index (χ2n) is 8.19. The molecule has 1 rings (SSSR count). The lowest BCUT2D eigenvalue weighted by atomic mass is 10.0. The van der Waals surface area contributed by atoms with Gasteiger partial charge in [-0.2, -0.15) is 26.3 Å². The first-order chi connectivity index (χ1) is 15.0. The highest BCUT2D eigenvalue weighted by molar-refractivity contribution is 5.91. The first-order valence-electron chi connectivity index (χ1n) is 11.5. The van der Waals surface area contributed by atoms with E-state index in [4.69, 9.17) is 4.74 Å². The van der Waals surface area contributed by atoms with Gasteiger partial charge in [-0.05, 0) is 43.9 Å². The summed E-state index contributed by atoms with van der Waals surface area (Å²) in [5, 5.41) is 0. The fourth-order valence-electron chi connectivity index (χ4n) is 3.56. The number of rotatable bonds is 14. The van der Waals surface area contributed by atoms with E-state index in [1.807, 2.05) is 6.92 Å². The molecule has 0 radical (unpaired) electrons. The molecule has 8 heteroatoms. The summed E-state index contributed by atoms with van der Waals surface area (Å²) in [6, 6.07) is 0.862. The van der Waals surface area contributed by atoms with Gasteiger partial charge in [-0.15, -0.1) is 0 Å². The van der Waals surface area contributed by atoms with Crippen LogP contribution in [0.1, 0.15) is 112 Å². The van der Waals surface area contributed by atoms with Crippen LogP contribution in [0.25, 0.3) is 0 Å². The van der Waals surface area contributed by atoms with Crippen LogP contribution < -0.4 is 0 Å². The summed E-state index contributed by atoms with van der Waals surface area (Å²) in [4.78, 5) is 12.6. The van der Waals surface area contributed by atoms with E-state index >= 15 is 0 Å². The number of carbonyl (C=O) groups is 1. The molecule has 184 valence electrons. The number of halogens is 6. The Morgan fingerprint density at radius 3 is 1.81 bits per heavy atom. The van der Waals surface area contributed by atoms with Crippen molar-refractivity contribution < 1.29 is 35.9 Å². The minimum Gasteiger partial charge on any atom is -0.459 e. The highest BCUT2D eigenvalue weighted by Crippen LogP contribution is 2.37. The monoisotopic (exact) mass is 468 g/mol. The molecule has 0 aliphatic rings. The predicted molar refractivity (Wildman–Crippen MR) is 112 cm³/mol. The van der Waals surface area contributed by atoms with E-state index in [2.05, 4.69) is 6.92 Å². The van der Waals surface area contributed by atoms with Gasteiger partial charge >= 0.3 is 18.3 Å². The smallest absolute Gasteiger partial charge is 0.417 e. The molecule has 1 unspecified atom stereocenters. The average molecular weight is 469 g/mol. The van der Waals surface area contributed by atoms with Crippen LogP contribution in [0.3, 0.4) is 0 Å². The van der Waals surface area contributed by atoms with Crippen molar-refractivity contribution >= 4 is 5.97 Å². The molecule has 0 aromatic heterocycles. The van der Waals surface area contributed by atoms with Gasteiger partial charge in [0.05, 0.1) is 16.7 Å². The van der Waals surface area contributed by atoms with Crippen molar-refractivity contribution in [1.29, 1.82) is 0 Å². The Balaban J connectivity index is 2.90. The van der Waals surface area contributed by atoms with Gasteiger partial charge in [-0.25, -0.2) is 4.79 Å². The van der Waals surface area contributed by atoms with E-state index < -0.39 is 41.1 Å². The van der Waals surface area contributed by atoms with Crippen molar-refractivity contribution in [1.82, 2.24) is 0 Å². The first kappa shape index (κ1) is 28.3. The molecule has 0 heterocycles. The molecule has 32 heavy (non-hydrogen) atoms. The number of ether oxygens (including phenoxy) is 1.